The highest BCUT2D eigenvalue weighted by Gasteiger charge is 2.32. The lowest BCUT2D eigenvalue weighted by Crippen LogP contribution is -2.55. The van der Waals surface area contributed by atoms with Gasteiger partial charge in [-0.1, -0.05) is 56.4 Å². The Morgan fingerprint density at radius 1 is 1.03 bits per heavy atom. The van der Waals surface area contributed by atoms with E-state index in [2.05, 4.69) is 26.9 Å². The van der Waals surface area contributed by atoms with Crippen LogP contribution < -0.4 is 20.5 Å². The minimum atomic E-state index is -4.22. The lowest BCUT2D eigenvalue weighted by atomic mass is 9.84. The first-order valence-corrected chi connectivity index (χ1v) is 13.9. The van der Waals surface area contributed by atoms with Crippen LogP contribution in [-0.2, 0) is 32.6 Å². The third-order valence-electron chi connectivity index (χ3n) is 6.89. The van der Waals surface area contributed by atoms with Gasteiger partial charge in [0, 0.05) is 6.04 Å². The summed E-state index contributed by atoms with van der Waals surface area (Å²) in [5, 5.41) is 12.4. The van der Waals surface area contributed by atoms with E-state index in [9.17, 15) is 23.1 Å². The van der Waals surface area contributed by atoms with Crippen molar-refractivity contribution in [1.82, 2.24) is 14.8 Å². The summed E-state index contributed by atoms with van der Waals surface area (Å²) in [6, 6.07) is 5.84. The highest BCUT2D eigenvalue weighted by atomic mass is 32.2. The van der Waals surface area contributed by atoms with Crippen LogP contribution in [0.15, 0.2) is 24.3 Å². The number of aliphatic carboxylic acids is 1. The van der Waals surface area contributed by atoms with Gasteiger partial charge in [0.25, 0.3) is 10.2 Å². The molecule has 1 unspecified atom stereocenters. The molecule has 0 aliphatic heterocycles. The van der Waals surface area contributed by atoms with Gasteiger partial charge in [0.15, 0.2) is 0 Å². The van der Waals surface area contributed by atoms with Crippen molar-refractivity contribution in [3.8, 4) is 0 Å². The zero-order valence-corrected chi connectivity index (χ0v) is 20.5. The molecule has 1 amide bonds. The van der Waals surface area contributed by atoms with E-state index in [1.165, 1.54) is 11.1 Å². The number of carboxylic acid groups (broad SMARTS) is 1. The second kappa shape index (κ2) is 12.6. The van der Waals surface area contributed by atoms with Gasteiger partial charge in [-0.05, 0) is 62.1 Å². The third-order valence-corrected chi connectivity index (χ3v) is 8.08. The summed E-state index contributed by atoms with van der Waals surface area (Å²) in [4.78, 5) is 24.8. The Morgan fingerprint density at radius 3 is 2.38 bits per heavy atom. The zero-order chi connectivity index (χ0) is 24.6. The molecule has 0 heterocycles. The summed E-state index contributed by atoms with van der Waals surface area (Å²) in [6.45, 7) is 0.260. The van der Waals surface area contributed by atoms with Crippen LogP contribution in [0, 0.1) is 5.92 Å². The topological polar surface area (TPSA) is 151 Å². The molecular weight excluding hydrogens is 456 g/mol. The van der Waals surface area contributed by atoms with E-state index < -0.39 is 28.3 Å². The van der Waals surface area contributed by atoms with Gasteiger partial charge in [0.05, 0.1) is 0 Å². The average molecular weight is 495 g/mol. The molecule has 0 radical (unpaired) electrons. The summed E-state index contributed by atoms with van der Waals surface area (Å²) in [5.74, 6) is -1.37. The Morgan fingerprint density at radius 2 is 1.71 bits per heavy atom. The molecule has 6 N–H and O–H groups in total. The van der Waals surface area contributed by atoms with Crippen molar-refractivity contribution in [2.45, 2.75) is 88.8 Å². The Bertz CT molecular complexity index is 933. The first-order valence-electron chi connectivity index (χ1n) is 12.4. The fourth-order valence-corrected chi connectivity index (χ4v) is 6.29. The maximum Gasteiger partial charge on any atom is 0.321 e. The standard InChI is InChI=1S/C24H38N4O5S/c25-14-6-11-21(24(30)31)27-34(32,33)28-22(15-17-7-2-1-3-8-17)23(29)26-20-13-12-18-9-4-5-10-19(18)16-20/h4-5,9-10,17,20-22,27-28H,1-3,6-8,11-16,25H2,(H,26,29)(H,30,31)/t20-,21+,22?/m1/s1. The zero-order valence-electron chi connectivity index (χ0n) is 19.7. The molecule has 0 spiro atoms. The van der Waals surface area contributed by atoms with Crippen molar-refractivity contribution in [3.63, 3.8) is 0 Å². The number of carbonyl (C=O) groups excluding carboxylic acids is 1. The van der Waals surface area contributed by atoms with E-state index in [-0.39, 0.29) is 30.8 Å². The normalized spacial score (nSPS) is 20.8. The van der Waals surface area contributed by atoms with Crippen LogP contribution in [0.2, 0.25) is 0 Å². The Balaban J connectivity index is 1.68. The number of hydrogen-bond acceptors (Lipinski definition) is 5. The summed E-state index contributed by atoms with van der Waals surface area (Å²) in [6.07, 6.45) is 8.44. The van der Waals surface area contributed by atoms with Crippen molar-refractivity contribution in [1.29, 1.82) is 0 Å². The molecule has 34 heavy (non-hydrogen) atoms. The first-order chi connectivity index (χ1) is 16.3. The summed E-state index contributed by atoms with van der Waals surface area (Å²) in [7, 11) is -4.22. The van der Waals surface area contributed by atoms with E-state index >= 15 is 0 Å². The summed E-state index contributed by atoms with van der Waals surface area (Å²) in [5.41, 5.74) is 7.93. The van der Waals surface area contributed by atoms with Gasteiger partial charge in [-0.2, -0.15) is 17.9 Å². The van der Waals surface area contributed by atoms with Crippen LogP contribution in [0.25, 0.3) is 0 Å². The van der Waals surface area contributed by atoms with Crippen LogP contribution in [0.1, 0.15) is 68.9 Å². The predicted molar refractivity (Wildman–Crippen MR) is 130 cm³/mol. The van der Waals surface area contributed by atoms with Crippen molar-refractivity contribution < 1.29 is 23.1 Å². The molecule has 0 saturated heterocycles. The SMILES string of the molecule is NCCC[C@H](NS(=O)(=O)NC(CC1CCCCC1)C(=O)N[C@@H]1CCc2ccccc2C1)C(=O)O. The lowest BCUT2D eigenvalue weighted by molar-refractivity contribution is -0.139. The molecule has 1 fully saturated rings. The van der Waals surface area contributed by atoms with Gasteiger partial charge in [-0.3, -0.25) is 9.59 Å². The van der Waals surface area contributed by atoms with Crippen molar-refractivity contribution >= 4 is 22.1 Å². The van der Waals surface area contributed by atoms with Crippen LogP contribution in [0.5, 0.6) is 0 Å². The number of nitrogens with two attached hydrogens (primary N) is 1. The number of amides is 1. The largest absolute Gasteiger partial charge is 0.480 e. The molecule has 10 heteroatoms. The van der Waals surface area contributed by atoms with Gasteiger partial charge in [0.1, 0.15) is 12.1 Å². The van der Waals surface area contributed by atoms with Crippen LogP contribution in [-0.4, -0.2) is 50.1 Å². The highest BCUT2D eigenvalue weighted by molar-refractivity contribution is 7.87. The number of hydrogen-bond donors (Lipinski definition) is 5. The number of carbonyl (C=O) groups is 2. The van der Waals surface area contributed by atoms with E-state index in [4.69, 9.17) is 5.73 Å². The molecule has 3 rings (SSSR count). The molecule has 0 bridgehead atoms. The van der Waals surface area contributed by atoms with Crippen molar-refractivity contribution in [2.75, 3.05) is 6.54 Å². The van der Waals surface area contributed by atoms with Gasteiger partial charge < -0.3 is 16.2 Å². The maximum absolute atomic E-state index is 13.3. The van der Waals surface area contributed by atoms with Gasteiger partial charge in [-0.15, -0.1) is 0 Å². The number of rotatable bonds is 12. The third kappa shape index (κ3) is 8.04. The fourth-order valence-electron chi connectivity index (χ4n) is 5.05. The molecule has 3 atom stereocenters. The molecular formula is C24H38N4O5S. The highest BCUT2D eigenvalue weighted by Crippen LogP contribution is 2.28. The first kappa shape index (κ1) is 26.6. The Hall–Kier alpha value is -2.01. The lowest BCUT2D eigenvalue weighted by Gasteiger charge is -2.30. The maximum atomic E-state index is 13.3. The number of benzene rings is 1. The monoisotopic (exact) mass is 494 g/mol. The van der Waals surface area contributed by atoms with Gasteiger partial charge in [0.2, 0.25) is 5.91 Å². The second-order valence-electron chi connectivity index (χ2n) is 9.57. The summed E-state index contributed by atoms with van der Waals surface area (Å²) >= 11 is 0. The number of carboxylic acids is 1. The number of nitrogens with one attached hydrogen (secondary N) is 3. The molecule has 190 valence electrons. The quantitative estimate of drug-likeness (QED) is 0.298. The fraction of sp³-hybridized carbons (Fsp3) is 0.667. The molecule has 2 aliphatic carbocycles. The molecule has 9 nitrogen and oxygen atoms in total. The minimum Gasteiger partial charge on any atom is -0.480 e. The molecule has 1 aromatic carbocycles. The molecule has 2 aliphatic rings. The minimum absolute atomic E-state index is 0.0648. The number of fused-ring (bicyclic) bond motifs is 1. The smallest absolute Gasteiger partial charge is 0.321 e. The number of aryl methyl sites for hydroxylation is 1. The van der Waals surface area contributed by atoms with E-state index in [1.807, 2.05) is 12.1 Å². The van der Waals surface area contributed by atoms with Crippen molar-refractivity contribution in [3.05, 3.63) is 35.4 Å². The Labute approximate surface area is 202 Å². The van der Waals surface area contributed by atoms with Crippen LogP contribution in [0.4, 0.5) is 0 Å². The second-order valence-corrected chi connectivity index (χ2v) is 11.0. The molecule has 0 aromatic heterocycles. The van der Waals surface area contributed by atoms with Gasteiger partial charge >= 0.3 is 5.97 Å². The van der Waals surface area contributed by atoms with E-state index in [0.717, 1.165) is 44.9 Å². The van der Waals surface area contributed by atoms with Gasteiger partial charge in [-0.25, -0.2) is 0 Å². The Kier molecular flexibility index (Phi) is 9.87. The van der Waals surface area contributed by atoms with Crippen LogP contribution in [0.3, 0.4) is 0 Å². The summed E-state index contributed by atoms with van der Waals surface area (Å²) < 4.78 is 30.3. The average Bonchev–Trinajstić information content (AvgIpc) is 2.81. The van der Waals surface area contributed by atoms with E-state index in [0.29, 0.717) is 19.3 Å². The van der Waals surface area contributed by atoms with E-state index in [1.54, 1.807) is 0 Å². The molecule has 1 saturated carbocycles. The van der Waals surface area contributed by atoms with Crippen molar-refractivity contribution in [2.24, 2.45) is 11.7 Å². The predicted octanol–water partition coefficient (Wildman–Crippen LogP) is 1.62. The van der Waals surface area contributed by atoms with Crippen LogP contribution >= 0.6 is 0 Å². The molecule has 1 aromatic rings.